The number of nitrogens with two attached hydrogens (primary N) is 1. The molecular formula is C10H15FN3O2P. The highest BCUT2D eigenvalue weighted by atomic mass is 31.2. The van der Waals surface area contributed by atoms with Crippen molar-refractivity contribution < 1.29 is 13.8 Å². The Morgan fingerprint density at radius 2 is 1.88 bits per heavy atom. The predicted octanol–water partition coefficient (Wildman–Crippen LogP) is 1.62. The van der Waals surface area contributed by atoms with Gasteiger partial charge in [0.1, 0.15) is 5.82 Å². The van der Waals surface area contributed by atoms with Crippen LogP contribution in [0.2, 0.25) is 0 Å². The van der Waals surface area contributed by atoms with Crippen LogP contribution in [-0.2, 0) is 4.57 Å². The zero-order valence-corrected chi connectivity index (χ0v) is 10.5. The van der Waals surface area contributed by atoms with Crippen molar-refractivity contribution in [3.63, 3.8) is 0 Å². The Bertz CT molecular complexity index is 447. The average Bonchev–Trinajstić information content (AvgIpc) is 2.15. The average molecular weight is 259 g/mol. The lowest BCUT2D eigenvalue weighted by Crippen LogP contribution is -2.35. The molecule has 7 heteroatoms. The molecule has 17 heavy (non-hydrogen) atoms. The zero-order valence-electron chi connectivity index (χ0n) is 9.61. The monoisotopic (exact) mass is 259 g/mol. The van der Waals surface area contributed by atoms with E-state index in [1.165, 1.54) is 12.1 Å². The zero-order chi connectivity index (χ0) is 13.1. The Morgan fingerprint density at radius 1 is 1.35 bits per heavy atom. The van der Waals surface area contributed by atoms with Crippen LogP contribution in [0.1, 0.15) is 24.2 Å². The van der Waals surface area contributed by atoms with E-state index in [1.807, 2.05) is 0 Å². The normalized spacial score (nSPS) is 14.4. The number of nitrogens with one attached hydrogen (secondary N) is 2. The van der Waals surface area contributed by atoms with Gasteiger partial charge in [0.05, 0.1) is 0 Å². The Kier molecular flexibility index (Phi) is 4.40. The van der Waals surface area contributed by atoms with Crippen LogP contribution < -0.4 is 15.7 Å². The lowest BCUT2D eigenvalue weighted by Gasteiger charge is -2.18. The van der Waals surface area contributed by atoms with Crippen LogP contribution >= 0.6 is 7.59 Å². The minimum absolute atomic E-state index is 0.126. The highest BCUT2D eigenvalue weighted by Gasteiger charge is 2.20. The molecule has 4 N–H and O–H groups in total. The summed E-state index contributed by atoms with van der Waals surface area (Å²) in [5, 5.41) is 4.74. The number of hydrogen-bond acceptors (Lipinski definition) is 2. The van der Waals surface area contributed by atoms with Crippen molar-refractivity contribution in [2.75, 3.05) is 0 Å². The summed E-state index contributed by atoms with van der Waals surface area (Å²) < 4.78 is 24.4. The fraction of sp³-hybridized carbons (Fsp3) is 0.300. The standard InChI is InChI=1S/C10H15FN3O2P/c1-7(2)13-17(12,16)14-10(15)8-3-5-9(11)6-4-8/h3-7H,1-2H3,(H4,12,13,14,15,16). The molecule has 5 nitrogen and oxygen atoms in total. The largest absolute Gasteiger partial charge is 0.303 e. The molecule has 0 spiro atoms. The third-order valence-corrected chi connectivity index (χ3v) is 3.26. The Balaban J connectivity index is 2.72. The molecule has 0 fully saturated rings. The second-order valence-electron chi connectivity index (χ2n) is 3.89. The molecule has 0 aliphatic heterocycles. The van der Waals surface area contributed by atoms with Crippen LogP contribution in [-0.4, -0.2) is 11.9 Å². The van der Waals surface area contributed by atoms with Gasteiger partial charge in [0.15, 0.2) is 0 Å². The van der Waals surface area contributed by atoms with Gasteiger partial charge in [-0.25, -0.2) is 9.48 Å². The number of hydrogen-bond donors (Lipinski definition) is 3. The molecule has 1 aromatic rings. The van der Waals surface area contributed by atoms with Crippen molar-refractivity contribution in [1.82, 2.24) is 10.2 Å². The van der Waals surface area contributed by atoms with E-state index in [1.54, 1.807) is 13.8 Å². The first-order valence-electron chi connectivity index (χ1n) is 5.05. The number of carbonyl (C=O) groups excluding carboxylic acids is 1. The molecule has 1 aromatic carbocycles. The van der Waals surface area contributed by atoms with Crippen LogP contribution in [0.3, 0.4) is 0 Å². The fourth-order valence-corrected chi connectivity index (χ4v) is 2.50. The van der Waals surface area contributed by atoms with E-state index in [9.17, 15) is 13.8 Å². The molecule has 0 aliphatic rings. The molecule has 0 radical (unpaired) electrons. The van der Waals surface area contributed by atoms with Gasteiger partial charge in [-0.1, -0.05) is 0 Å². The summed E-state index contributed by atoms with van der Waals surface area (Å²) in [5.74, 6) is -1.05. The first kappa shape index (κ1) is 13.8. The summed E-state index contributed by atoms with van der Waals surface area (Å²) in [4.78, 5) is 11.6. The van der Waals surface area contributed by atoms with Gasteiger partial charge < -0.3 is 0 Å². The van der Waals surface area contributed by atoms with Gasteiger partial charge in [0.25, 0.3) is 5.91 Å². The number of carbonyl (C=O) groups is 1. The second-order valence-corrected chi connectivity index (χ2v) is 5.69. The van der Waals surface area contributed by atoms with E-state index in [-0.39, 0.29) is 11.6 Å². The van der Waals surface area contributed by atoms with Crippen molar-refractivity contribution in [1.29, 1.82) is 0 Å². The fourth-order valence-electron chi connectivity index (χ4n) is 1.23. The maximum Gasteiger partial charge on any atom is 0.303 e. The molecule has 0 aromatic heterocycles. The van der Waals surface area contributed by atoms with Crippen molar-refractivity contribution in [3.05, 3.63) is 35.6 Å². The lowest BCUT2D eigenvalue weighted by molar-refractivity contribution is 0.0980. The van der Waals surface area contributed by atoms with Crippen LogP contribution in [0.25, 0.3) is 0 Å². The van der Waals surface area contributed by atoms with E-state index >= 15 is 0 Å². The molecule has 1 unspecified atom stereocenters. The smallest absolute Gasteiger partial charge is 0.279 e. The maximum atomic E-state index is 12.6. The lowest BCUT2D eigenvalue weighted by atomic mass is 10.2. The molecular weight excluding hydrogens is 244 g/mol. The first-order chi connectivity index (χ1) is 7.80. The van der Waals surface area contributed by atoms with E-state index < -0.39 is 19.3 Å². The summed E-state index contributed by atoms with van der Waals surface area (Å²) >= 11 is 0. The molecule has 94 valence electrons. The second kappa shape index (κ2) is 5.40. The summed E-state index contributed by atoms with van der Waals surface area (Å²) in [6.07, 6.45) is 0. The minimum Gasteiger partial charge on any atom is -0.279 e. The third-order valence-electron chi connectivity index (χ3n) is 1.82. The Morgan fingerprint density at radius 3 is 2.35 bits per heavy atom. The van der Waals surface area contributed by atoms with Gasteiger partial charge in [-0.2, -0.15) is 0 Å². The summed E-state index contributed by atoms with van der Waals surface area (Å²) in [6.45, 7) is 3.51. The van der Waals surface area contributed by atoms with Crippen LogP contribution in [0.4, 0.5) is 4.39 Å². The molecule has 0 saturated carbocycles. The van der Waals surface area contributed by atoms with Crippen molar-refractivity contribution in [3.8, 4) is 0 Å². The number of amides is 1. The van der Waals surface area contributed by atoms with Crippen LogP contribution in [0, 0.1) is 5.82 Å². The van der Waals surface area contributed by atoms with Gasteiger partial charge >= 0.3 is 7.59 Å². The number of rotatable bonds is 4. The molecule has 0 aliphatic carbocycles. The number of benzene rings is 1. The van der Waals surface area contributed by atoms with Gasteiger partial charge in [0, 0.05) is 11.6 Å². The molecule has 0 heterocycles. The highest BCUT2D eigenvalue weighted by Crippen LogP contribution is 2.26. The van der Waals surface area contributed by atoms with E-state index in [0.29, 0.717) is 0 Å². The van der Waals surface area contributed by atoms with Crippen LogP contribution in [0.15, 0.2) is 24.3 Å². The topological polar surface area (TPSA) is 84.2 Å². The van der Waals surface area contributed by atoms with E-state index in [2.05, 4.69) is 10.2 Å². The van der Waals surface area contributed by atoms with Gasteiger partial charge in [-0.15, -0.1) is 0 Å². The van der Waals surface area contributed by atoms with Crippen molar-refractivity contribution in [2.45, 2.75) is 19.9 Å². The highest BCUT2D eigenvalue weighted by molar-refractivity contribution is 7.58. The summed E-state index contributed by atoms with van der Waals surface area (Å²) in [7, 11) is -3.43. The summed E-state index contributed by atoms with van der Waals surface area (Å²) in [6, 6.07) is 4.75. The van der Waals surface area contributed by atoms with E-state index in [4.69, 9.17) is 5.50 Å². The van der Waals surface area contributed by atoms with Gasteiger partial charge in [-0.3, -0.25) is 20.0 Å². The molecule has 1 rings (SSSR count). The molecule has 0 bridgehead atoms. The van der Waals surface area contributed by atoms with Crippen molar-refractivity contribution in [2.24, 2.45) is 5.50 Å². The quantitative estimate of drug-likeness (QED) is 0.717. The SMILES string of the molecule is CC(C)NP(N)(=O)NC(=O)c1ccc(F)cc1. The third kappa shape index (κ3) is 4.65. The van der Waals surface area contributed by atoms with Gasteiger partial charge in [0.2, 0.25) is 0 Å². The van der Waals surface area contributed by atoms with Gasteiger partial charge in [-0.05, 0) is 38.1 Å². The maximum absolute atomic E-state index is 12.6. The molecule has 1 amide bonds. The Hall–Kier alpha value is -1.23. The Labute approximate surface area is 99.1 Å². The van der Waals surface area contributed by atoms with Crippen molar-refractivity contribution >= 4 is 13.5 Å². The minimum atomic E-state index is -3.43. The molecule has 1 atom stereocenters. The van der Waals surface area contributed by atoms with E-state index in [0.717, 1.165) is 12.1 Å². The van der Waals surface area contributed by atoms with Crippen LogP contribution in [0.5, 0.6) is 0 Å². The number of halogens is 1. The predicted molar refractivity (Wildman–Crippen MR) is 63.9 cm³/mol. The molecule has 0 saturated heterocycles. The summed E-state index contributed by atoms with van der Waals surface area (Å²) in [5.41, 5.74) is 5.62. The first-order valence-corrected chi connectivity index (χ1v) is 6.82.